The maximum atomic E-state index is 12.3. The van der Waals surface area contributed by atoms with Crippen LogP contribution in [0.5, 0.6) is 0 Å². The zero-order valence-corrected chi connectivity index (χ0v) is 16.8. The summed E-state index contributed by atoms with van der Waals surface area (Å²) in [4.78, 5) is 38.3. The first-order chi connectivity index (χ1) is 14.5. The van der Waals surface area contributed by atoms with Gasteiger partial charge in [-0.05, 0) is 41.8 Å². The Labute approximate surface area is 175 Å². The van der Waals surface area contributed by atoms with Gasteiger partial charge in [0.15, 0.2) is 6.61 Å². The first-order valence-electron chi connectivity index (χ1n) is 9.81. The van der Waals surface area contributed by atoms with Crippen LogP contribution in [-0.2, 0) is 32.0 Å². The van der Waals surface area contributed by atoms with Crippen molar-refractivity contribution >= 4 is 29.2 Å². The topological polar surface area (TPSA) is 99.5 Å². The van der Waals surface area contributed by atoms with Crippen LogP contribution >= 0.6 is 0 Å². The lowest BCUT2D eigenvalue weighted by molar-refractivity contribution is -0.151. The summed E-state index contributed by atoms with van der Waals surface area (Å²) in [5, 5.41) is 11.3. The minimum atomic E-state index is -0.596. The van der Waals surface area contributed by atoms with E-state index in [-0.39, 0.29) is 18.9 Å². The van der Waals surface area contributed by atoms with Crippen molar-refractivity contribution in [1.82, 2.24) is 0 Å². The molecule has 0 bridgehead atoms. The smallest absolute Gasteiger partial charge is 0.311 e. The Morgan fingerprint density at radius 1 is 1.13 bits per heavy atom. The Morgan fingerprint density at radius 2 is 1.80 bits per heavy atom. The van der Waals surface area contributed by atoms with Gasteiger partial charge >= 0.3 is 5.97 Å². The Balaban J connectivity index is 1.49. The molecule has 3 rings (SSSR count). The first kappa shape index (κ1) is 21.1. The van der Waals surface area contributed by atoms with Gasteiger partial charge in [-0.15, -0.1) is 0 Å². The van der Waals surface area contributed by atoms with E-state index in [0.29, 0.717) is 12.1 Å². The SMILES string of the molecule is CCc1ccc(N2CC(C(=O)OCC(=O)Nc3ccc(CC#N)cc3)CC2=O)cc1. The molecule has 1 heterocycles. The number of carbonyl (C=O) groups is 3. The lowest BCUT2D eigenvalue weighted by Gasteiger charge is -2.17. The molecule has 0 saturated carbocycles. The van der Waals surface area contributed by atoms with E-state index in [1.165, 1.54) is 5.56 Å². The second kappa shape index (κ2) is 9.70. The number of rotatable bonds is 7. The van der Waals surface area contributed by atoms with Crippen LogP contribution in [0.4, 0.5) is 11.4 Å². The molecule has 154 valence electrons. The van der Waals surface area contributed by atoms with Crippen molar-refractivity contribution in [3.63, 3.8) is 0 Å². The summed E-state index contributed by atoms with van der Waals surface area (Å²) in [7, 11) is 0. The van der Waals surface area contributed by atoms with Crippen molar-refractivity contribution in [1.29, 1.82) is 5.26 Å². The summed E-state index contributed by atoms with van der Waals surface area (Å²) in [6.45, 7) is 1.88. The van der Waals surface area contributed by atoms with E-state index in [0.717, 1.165) is 17.7 Å². The molecule has 2 aromatic rings. The normalized spacial score (nSPS) is 15.5. The largest absolute Gasteiger partial charge is 0.455 e. The maximum absolute atomic E-state index is 12.3. The van der Waals surface area contributed by atoms with Gasteiger partial charge in [-0.25, -0.2) is 0 Å². The number of nitriles is 1. The summed E-state index contributed by atoms with van der Waals surface area (Å²) >= 11 is 0. The number of carbonyl (C=O) groups excluding carboxylic acids is 3. The third-order valence-corrected chi connectivity index (χ3v) is 4.98. The molecule has 1 saturated heterocycles. The van der Waals surface area contributed by atoms with Crippen molar-refractivity contribution < 1.29 is 19.1 Å². The van der Waals surface area contributed by atoms with E-state index in [4.69, 9.17) is 10.00 Å². The number of amides is 2. The molecular weight excluding hydrogens is 382 g/mol. The number of hydrogen-bond acceptors (Lipinski definition) is 5. The predicted octanol–water partition coefficient (Wildman–Crippen LogP) is 2.85. The van der Waals surface area contributed by atoms with Gasteiger partial charge in [0.05, 0.1) is 18.4 Å². The molecule has 1 fully saturated rings. The van der Waals surface area contributed by atoms with Crippen molar-refractivity contribution in [2.24, 2.45) is 5.92 Å². The van der Waals surface area contributed by atoms with Gasteiger partial charge in [-0.2, -0.15) is 5.26 Å². The van der Waals surface area contributed by atoms with Crippen LogP contribution in [0.25, 0.3) is 0 Å². The van der Waals surface area contributed by atoms with Gasteiger partial charge in [-0.1, -0.05) is 31.2 Å². The molecule has 7 heteroatoms. The highest BCUT2D eigenvalue weighted by molar-refractivity contribution is 6.00. The number of nitrogens with zero attached hydrogens (tertiary/aromatic N) is 2. The van der Waals surface area contributed by atoms with Gasteiger partial charge in [0, 0.05) is 24.3 Å². The second-order valence-electron chi connectivity index (χ2n) is 7.11. The molecule has 2 aromatic carbocycles. The van der Waals surface area contributed by atoms with Crippen LogP contribution < -0.4 is 10.2 Å². The molecule has 2 amide bonds. The number of benzene rings is 2. The molecule has 1 aliphatic heterocycles. The minimum Gasteiger partial charge on any atom is -0.455 e. The quantitative estimate of drug-likeness (QED) is 0.714. The van der Waals surface area contributed by atoms with Crippen LogP contribution in [0.1, 0.15) is 24.5 Å². The lowest BCUT2D eigenvalue weighted by atomic mass is 10.1. The van der Waals surface area contributed by atoms with Crippen molar-refractivity contribution in [2.45, 2.75) is 26.2 Å². The fourth-order valence-corrected chi connectivity index (χ4v) is 3.28. The third kappa shape index (κ3) is 5.23. The molecule has 0 aliphatic carbocycles. The van der Waals surface area contributed by atoms with E-state index in [2.05, 4.69) is 18.3 Å². The maximum Gasteiger partial charge on any atom is 0.311 e. The van der Waals surface area contributed by atoms with Gasteiger partial charge in [0.2, 0.25) is 5.91 Å². The minimum absolute atomic E-state index is 0.0658. The number of ether oxygens (including phenoxy) is 1. The summed E-state index contributed by atoms with van der Waals surface area (Å²) in [5.74, 6) is -1.76. The standard InChI is InChI=1S/C23H23N3O4/c1-2-16-5-9-20(10-6-16)26-14-18(13-22(26)28)23(29)30-15-21(27)25-19-7-3-17(4-8-19)11-12-24/h3-10,18H,2,11,13-15H2,1H3,(H,25,27). The molecular formula is C23H23N3O4. The van der Waals surface area contributed by atoms with Crippen LogP contribution in [-0.4, -0.2) is 30.9 Å². The lowest BCUT2D eigenvalue weighted by Crippen LogP contribution is -2.28. The van der Waals surface area contributed by atoms with Crippen LogP contribution in [0.3, 0.4) is 0 Å². The van der Waals surface area contributed by atoms with Crippen molar-refractivity contribution in [3.8, 4) is 6.07 Å². The van der Waals surface area contributed by atoms with Gasteiger partial charge in [-0.3, -0.25) is 14.4 Å². The highest BCUT2D eigenvalue weighted by Gasteiger charge is 2.36. The number of nitrogens with one attached hydrogen (secondary N) is 1. The molecule has 30 heavy (non-hydrogen) atoms. The zero-order valence-electron chi connectivity index (χ0n) is 16.8. The Kier molecular flexibility index (Phi) is 6.81. The average Bonchev–Trinajstić information content (AvgIpc) is 3.15. The summed E-state index contributed by atoms with van der Waals surface area (Å²) < 4.78 is 5.12. The van der Waals surface area contributed by atoms with Crippen LogP contribution in [0, 0.1) is 17.2 Å². The third-order valence-electron chi connectivity index (χ3n) is 4.98. The van der Waals surface area contributed by atoms with E-state index in [1.54, 1.807) is 29.2 Å². The Bertz CT molecular complexity index is 961. The first-order valence-corrected chi connectivity index (χ1v) is 9.81. The zero-order chi connectivity index (χ0) is 21.5. The number of esters is 1. The fraction of sp³-hybridized carbons (Fsp3) is 0.304. The van der Waals surface area contributed by atoms with Gasteiger partial charge < -0.3 is 15.0 Å². The summed E-state index contributed by atoms with van der Waals surface area (Å²) in [6, 6.07) is 16.6. The molecule has 7 nitrogen and oxygen atoms in total. The molecule has 0 spiro atoms. The highest BCUT2D eigenvalue weighted by atomic mass is 16.5. The fourth-order valence-electron chi connectivity index (χ4n) is 3.28. The molecule has 0 radical (unpaired) electrons. The second-order valence-corrected chi connectivity index (χ2v) is 7.11. The molecule has 1 atom stereocenters. The number of anilines is 2. The van der Waals surface area contributed by atoms with E-state index in [9.17, 15) is 14.4 Å². The van der Waals surface area contributed by atoms with Gasteiger partial charge in [0.25, 0.3) is 5.91 Å². The van der Waals surface area contributed by atoms with Crippen molar-refractivity contribution in [2.75, 3.05) is 23.4 Å². The highest BCUT2D eigenvalue weighted by Crippen LogP contribution is 2.26. The number of aryl methyl sites for hydroxylation is 1. The van der Waals surface area contributed by atoms with Crippen LogP contribution in [0.2, 0.25) is 0 Å². The summed E-state index contributed by atoms with van der Waals surface area (Å²) in [6.07, 6.45) is 1.28. The number of hydrogen-bond donors (Lipinski definition) is 1. The Morgan fingerprint density at radius 3 is 2.43 bits per heavy atom. The van der Waals surface area contributed by atoms with Crippen molar-refractivity contribution in [3.05, 3.63) is 59.7 Å². The van der Waals surface area contributed by atoms with E-state index < -0.39 is 24.4 Å². The molecule has 0 aromatic heterocycles. The van der Waals surface area contributed by atoms with E-state index >= 15 is 0 Å². The molecule has 1 N–H and O–H groups in total. The summed E-state index contributed by atoms with van der Waals surface area (Å²) in [5.41, 5.74) is 3.33. The molecule has 1 aliphatic rings. The Hall–Kier alpha value is -3.66. The van der Waals surface area contributed by atoms with E-state index in [1.807, 2.05) is 24.3 Å². The average molecular weight is 405 g/mol. The predicted molar refractivity (Wildman–Crippen MR) is 112 cm³/mol. The molecule has 1 unspecified atom stereocenters. The van der Waals surface area contributed by atoms with Gasteiger partial charge in [0.1, 0.15) is 0 Å². The van der Waals surface area contributed by atoms with Crippen LogP contribution in [0.15, 0.2) is 48.5 Å². The monoisotopic (exact) mass is 405 g/mol.